The molecule has 0 radical (unpaired) electrons. The highest BCUT2D eigenvalue weighted by Crippen LogP contribution is 2.24. The monoisotopic (exact) mass is 278 g/mol. The summed E-state index contributed by atoms with van der Waals surface area (Å²) in [4.78, 5) is 0. The van der Waals surface area contributed by atoms with Crippen LogP contribution in [0.4, 0.5) is 0 Å². The zero-order valence-corrected chi connectivity index (χ0v) is 10.6. The summed E-state index contributed by atoms with van der Waals surface area (Å²) in [6, 6.07) is 8.86. The van der Waals surface area contributed by atoms with Crippen LogP contribution in [0.25, 0.3) is 11.3 Å². The van der Waals surface area contributed by atoms with Gasteiger partial charge in [0.2, 0.25) is 0 Å². The van der Waals surface area contributed by atoms with Gasteiger partial charge in [-0.05, 0) is 12.1 Å². The van der Waals surface area contributed by atoms with Gasteiger partial charge in [-0.2, -0.15) is 5.26 Å². The molecule has 0 aliphatic rings. The van der Waals surface area contributed by atoms with Crippen molar-refractivity contribution in [3.63, 3.8) is 0 Å². The largest absolute Gasteiger partial charge is 0.394 e. The molecule has 6 nitrogen and oxygen atoms in total. The Bertz CT molecular complexity index is 620. The molecular formula is C12H11ClN4O2. The molecule has 2 N–H and O–H groups in total. The van der Waals surface area contributed by atoms with E-state index in [9.17, 15) is 5.11 Å². The number of nitrogens with zero attached hydrogens (tertiary/aromatic N) is 4. The predicted octanol–water partition coefficient (Wildman–Crippen LogP) is 0.823. The molecular weight excluding hydrogens is 268 g/mol. The van der Waals surface area contributed by atoms with Crippen molar-refractivity contribution in [2.24, 2.45) is 0 Å². The number of hydrogen-bond donors (Lipinski definition) is 2. The van der Waals surface area contributed by atoms with Crippen molar-refractivity contribution >= 4 is 11.6 Å². The molecule has 1 unspecified atom stereocenters. The molecule has 1 heterocycles. The Labute approximate surface area is 114 Å². The maximum atomic E-state index is 9.47. The normalized spacial score (nSPS) is 12.1. The van der Waals surface area contributed by atoms with E-state index in [0.29, 0.717) is 16.3 Å². The second-order valence-corrected chi connectivity index (χ2v) is 4.36. The third-order valence-electron chi connectivity index (χ3n) is 2.53. The number of aliphatic hydroxyl groups excluding tert-OH is 2. The van der Waals surface area contributed by atoms with Gasteiger partial charge in [0, 0.05) is 10.6 Å². The molecule has 1 aromatic heterocycles. The summed E-state index contributed by atoms with van der Waals surface area (Å²) in [6.45, 7) is -0.343. The maximum absolute atomic E-state index is 9.47. The molecule has 0 bridgehead atoms. The Morgan fingerprint density at radius 1 is 1.47 bits per heavy atom. The van der Waals surface area contributed by atoms with Crippen molar-refractivity contribution in [3.05, 3.63) is 35.0 Å². The van der Waals surface area contributed by atoms with Gasteiger partial charge in [0.15, 0.2) is 5.69 Å². The van der Waals surface area contributed by atoms with Crippen LogP contribution in [0.15, 0.2) is 24.3 Å². The number of hydrogen-bond acceptors (Lipinski definition) is 5. The molecule has 0 saturated heterocycles. The summed E-state index contributed by atoms with van der Waals surface area (Å²) in [5.74, 6) is 0. The van der Waals surface area contributed by atoms with Crippen LogP contribution in [0, 0.1) is 11.3 Å². The lowest BCUT2D eigenvalue weighted by Gasteiger charge is -2.10. The highest BCUT2D eigenvalue weighted by atomic mass is 35.5. The van der Waals surface area contributed by atoms with E-state index in [1.165, 1.54) is 4.68 Å². The van der Waals surface area contributed by atoms with Gasteiger partial charge >= 0.3 is 0 Å². The Morgan fingerprint density at radius 3 is 2.89 bits per heavy atom. The summed E-state index contributed by atoms with van der Waals surface area (Å²) in [5, 5.41) is 35.5. The van der Waals surface area contributed by atoms with E-state index >= 15 is 0 Å². The molecule has 0 aliphatic heterocycles. The molecule has 1 atom stereocenters. The quantitative estimate of drug-likeness (QED) is 0.863. The van der Waals surface area contributed by atoms with Crippen LogP contribution in [0.3, 0.4) is 0 Å². The van der Waals surface area contributed by atoms with Gasteiger partial charge in [0.05, 0.1) is 19.3 Å². The van der Waals surface area contributed by atoms with Gasteiger partial charge in [-0.15, -0.1) is 5.10 Å². The Morgan fingerprint density at radius 2 is 2.26 bits per heavy atom. The molecule has 0 fully saturated rings. The molecule has 7 heteroatoms. The van der Waals surface area contributed by atoms with Crippen molar-refractivity contribution in [2.45, 2.75) is 12.6 Å². The zero-order chi connectivity index (χ0) is 13.8. The van der Waals surface area contributed by atoms with Crippen LogP contribution >= 0.6 is 11.6 Å². The van der Waals surface area contributed by atoms with Gasteiger partial charge in [-0.3, -0.25) is 0 Å². The van der Waals surface area contributed by atoms with E-state index < -0.39 is 12.7 Å². The van der Waals surface area contributed by atoms with Crippen molar-refractivity contribution in [3.8, 4) is 17.3 Å². The van der Waals surface area contributed by atoms with Crippen LogP contribution in [-0.2, 0) is 6.54 Å². The average Bonchev–Trinajstić information content (AvgIpc) is 2.81. The number of benzene rings is 1. The lowest BCUT2D eigenvalue weighted by atomic mass is 10.1. The number of rotatable bonds is 4. The van der Waals surface area contributed by atoms with Gasteiger partial charge in [0.25, 0.3) is 0 Å². The molecule has 0 amide bonds. The van der Waals surface area contributed by atoms with Crippen molar-refractivity contribution in [1.29, 1.82) is 5.26 Å². The third-order valence-corrected chi connectivity index (χ3v) is 2.77. The van der Waals surface area contributed by atoms with E-state index in [1.807, 2.05) is 6.07 Å². The molecule has 1 aromatic carbocycles. The van der Waals surface area contributed by atoms with E-state index in [0.717, 1.165) is 0 Å². The van der Waals surface area contributed by atoms with Crippen LogP contribution < -0.4 is 0 Å². The minimum atomic E-state index is -0.967. The first kappa shape index (κ1) is 13.5. The average molecular weight is 279 g/mol. The highest BCUT2D eigenvalue weighted by molar-refractivity contribution is 6.30. The Hall–Kier alpha value is -1.94. The van der Waals surface area contributed by atoms with Crippen LogP contribution in [-0.4, -0.2) is 37.9 Å². The first-order valence-corrected chi connectivity index (χ1v) is 5.92. The summed E-state index contributed by atoms with van der Waals surface area (Å²) in [5.41, 5.74) is 1.30. The van der Waals surface area contributed by atoms with Crippen LogP contribution in [0.5, 0.6) is 0 Å². The molecule has 0 spiro atoms. The highest BCUT2D eigenvalue weighted by Gasteiger charge is 2.17. The van der Waals surface area contributed by atoms with Gasteiger partial charge in [-0.1, -0.05) is 28.9 Å². The molecule has 19 heavy (non-hydrogen) atoms. The standard InChI is InChI=1S/C12H11ClN4O2/c13-9-3-1-2-8(4-9)12-11(5-14)15-16-17(12)6-10(19)7-18/h1-4,10,18-19H,6-7H2. The number of halogens is 1. The second kappa shape index (κ2) is 5.80. The third kappa shape index (κ3) is 2.90. The Kier molecular flexibility index (Phi) is 4.12. The lowest BCUT2D eigenvalue weighted by Crippen LogP contribution is -2.21. The summed E-state index contributed by atoms with van der Waals surface area (Å²) < 4.78 is 1.38. The molecule has 0 aliphatic carbocycles. The number of nitriles is 1. The maximum Gasteiger partial charge on any atom is 0.190 e. The zero-order valence-electron chi connectivity index (χ0n) is 9.86. The fraction of sp³-hybridized carbons (Fsp3) is 0.250. The van der Waals surface area contributed by atoms with Gasteiger partial charge in [-0.25, -0.2) is 4.68 Å². The van der Waals surface area contributed by atoms with Crippen molar-refractivity contribution < 1.29 is 10.2 Å². The Balaban J connectivity index is 2.48. The first-order chi connectivity index (χ1) is 9.15. The molecule has 0 saturated carbocycles. The van der Waals surface area contributed by atoms with Gasteiger partial charge < -0.3 is 10.2 Å². The molecule has 98 valence electrons. The fourth-order valence-corrected chi connectivity index (χ4v) is 1.89. The summed E-state index contributed by atoms with van der Waals surface area (Å²) >= 11 is 5.92. The smallest absolute Gasteiger partial charge is 0.190 e. The van der Waals surface area contributed by atoms with Crippen LogP contribution in [0.1, 0.15) is 5.69 Å². The summed E-state index contributed by atoms with van der Waals surface area (Å²) in [7, 11) is 0. The van der Waals surface area contributed by atoms with Crippen LogP contribution in [0.2, 0.25) is 5.02 Å². The van der Waals surface area contributed by atoms with E-state index in [2.05, 4.69) is 10.3 Å². The molecule has 2 aromatic rings. The minimum absolute atomic E-state index is 0.0486. The SMILES string of the molecule is N#Cc1nnn(CC(O)CO)c1-c1cccc(Cl)c1. The fourth-order valence-electron chi connectivity index (χ4n) is 1.70. The number of aromatic nitrogens is 3. The van der Waals surface area contributed by atoms with Gasteiger partial charge in [0.1, 0.15) is 11.8 Å². The summed E-state index contributed by atoms with van der Waals surface area (Å²) in [6.07, 6.45) is -0.967. The van der Waals surface area contributed by atoms with Crippen molar-refractivity contribution in [1.82, 2.24) is 15.0 Å². The first-order valence-electron chi connectivity index (χ1n) is 5.54. The van der Waals surface area contributed by atoms with E-state index in [-0.39, 0.29) is 12.2 Å². The van der Waals surface area contributed by atoms with E-state index in [4.69, 9.17) is 22.0 Å². The van der Waals surface area contributed by atoms with Crippen molar-refractivity contribution in [2.75, 3.05) is 6.61 Å². The number of aliphatic hydroxyl groups is 2. The topological polar surface area (TPSA) is 95.0 Å². The second-order valence-electron chi connectivity index (χ2n) is 3.93. The molecule has 2 rings (SSSR count). The predicted molar refractivity (Wildman–Crippen MR) is 68.3 cm³/mol. The minimum Gasteiger partial charge on any atom is -0.394 e. The lowest BCUT2D eigenvalue weighted by molar-refractivity contribution is 0.0782. The van der Waals surface area contributed by atoms with E-state index in [1.54, 1.807) is 24.3 Å².